The minimum absolute atomic E-state index is 0.218. The van der Waals surface area contributed by atoms with Crippen LogP contribution in [0.1, 0.15) is 45.6 Å². The molecule has 2 unspecified atom stereocenters. The first kappa shape index (κ1) is 14.5. The lowest BCUT2D eigenvalue weighted by atomic mass is 9.64. The second-order valence-corrected chi connectivity index (χ2v) is 7.74. The summed E-state index contributed by atoms with van der Waals surface area (Å²) < 4.78 is 0. The Kier molecular flexibility index (Phi) is 3.53. The van der Waals surface area contributed by atoms with Gasteiger partial charge in [-0.25, -0.2) is 0 Å². The minimum atomic E-state index is -0.592. The molecule has 1 aliphatic carbocycles. The third kappa shape index (κ3) is 3.11. The minimum Gasteiger partial charge on any atom is -0.390 e. The average Bonchev–Trinajstić information content (AvgIpc) is 2.35. The summed E-state index contributed by atoms with van der Waals surface area (Å²) in [5.74, 6) is 0.576. The molecule has 1 N–H and O–H groups in total. The van der Waals surface area contributed by atoms with Crippen molar-refractivity contribution in [3.63, 3.8) is 0 Å². The Bertz CT molecular complexity index is 644. The molecule has 0 amide bonds. The van der Waals surface area contributed by atoms with Gasteiger partial charge in [0, 0.05) is 18.0 Å². The molecule has 1 fully saturated rings. The second kappa shape index (κ2) is 5.10. The van der Waals surface area contributed by atoms with Gasteiger partial charge < -0.3 is 5.11 Å². The average molecular weight is 283 g/mol. The topological polar surface area (TPSA) is 33.1 Å². The van der Waals surface area contributed by atoms with E-state index in [9.17, 15) is 5.11 Å². The molecule has 1 aromatic carbocycles. The number of rotatable bonds is 2. The summed E-state index contributed by atoms with van der Waals surface area (Å²) in [4.78, 5) is 4.42. The van der Waals surface area contributed by atoms with E-state index in [1.165, 1.54) is 17.4 Å². The molecular weight excluding hydrogens is 258 g/mol. The van der Waals surface area contributed by atoms with Crippen molar-refractivity contribution in [3.8, 4) is 0 Å². The Labute approximate surface area is 127 Å². The molecule has 0 radical (unpaired) electrons. The third-order valence-electron chi connectivity index (χ3n) is 4.70. The van der Waals surface area contributed by atoms with E-state index in [-0.39, 0.29) is 5.41 Å². The van der Waals surface area contributed by atoms with Crippen molar-refractivity contribution in [1.29, 1.82) is 0 Å². The second-order valence-electron chi connectivity index (χ2n) is 7.74. The standard InChI is InChI=1S/C19H25NO/c1-14-10-18(2,3)13-19(21,11-14)12-15-8-9-20-17-7-5-4-6-16(15)17/h4-9,14,21H,10-13H2,1-3H3. The molecule has 2 nitrogen and oxygen atoms in total. The van der Waals surface area contributed by atoms with Crippen LogP contribution in [0.5, 0.6) is 0 Å². The summed E-state index contributed by atoms with van der Waals surface area (Å²) in [6.07, 6.45) is 5.56. The van der Waals surface area contributed by atoms with E-state index in [2.05, 4.69) is 37.9 Å². The van der Waals surface area contributed by atoms with Crippen LogP contribution in [0.15, 0.2) is 36.5 Å². The zero-order chi connectivity index (χ0) is 15.1. The molecule has 112 valence electrons. The van der Waals surface area contributed by atoms with Crippen molar-refractivity contribution in [3.05, 3.63) is 42.1 Å². The molecule has 3 rings (SSSR count). The monoisotopic (exact) mass is 283 g/mol. The van der Waals surface area contributed by atoms with Gasteiger partial charge in [0.05, 0.1) is 11.1 Å². The van der Waals surface area contributed by atoms with Crippen molar-refractivity contribution >= 4 is 10.9 Å². The van der Waals surface area contributed by atoms with Gasteiger partial charge in [0.15, 0.2) is 0 Å². The maximum atomic E-state index is 11.2. The molecule has 0 spiro atoms. The molecule has 1 heterocycles. The molecule has 1 saturated carbocycles. The highest BCUT2D eigenvalue weighted by Gasteiger charge is 2.41. The number of fused-ring (bicyclic) bond motifs is 1. The zero-order valence-corrected chi connectivity index (χ0v) is 13.3. The maximum absolute atomic E-state index is 11.2. The molecule has 2 aromatic rings. The predicted molar refractivity (Wildman–Crippen MR) is 87.2 cm³/mol. The molecule has 0 saturated heterocycles. The maximum Gasteiger partial charge on any atom is 0.0704 e. The van der Waals surface area contributed by atoms with E-state index in [0.717, 1.165) is 24.8 Å². The number of aliphatic hydroxyl groups is 1. The Morgan fingerprint density at radius 2 is 1.95 bits per heavy atom. The highest BCUT2D eigenvalue weighted by Crippen LogP contribution is 2.45. The number of hydrogen-bond donors (Lipinski definition) is 1. The Balaban J connectivity index is 1.94. The fourth-order valence-corrected chi connectivity index (χ4v) is 4.50. The van der Waals surface area contributed by atoms with E-state index in [1.54, 1.807) is 0 Å². The van der Waals surface area contributed by atoms with Crippen LogP contribution in [0, 0.1) is 11.3 Å². The van der Waals surface area contributed by atoms with Crippen molar-refractivity contribution in [1.82, 2.24) is 4.98 Å². The van der Waals surface area contributed by atoms with Crippen LogP contribution >= 0.6 is 0 Å². The quantitative estimate of drug-likeness (QED) is 0.888. The lowest BCUT2D eigenvalue weighted by Crippen LogP contribution is -2.43. The van der Waals surface area contributed by atoms with E-state index >= 15 is 0 Å². The van der Waals surface area contributed by atoms with E-state index in [0.29, 0.717) is 5.92 Å². The van der Waals surface area contributed by atoms with E-state index in [1.807, 2.05) is 24.4 Å². The summed E-state index contributed by atoms with van der Waals surface area (Å²) in [6, 6.07) is 10.3. The van der Waals surface area contributed by atoms with Gasteiger partial charge in [0.25, 0.3) is 0 Å². The number of para-hydroxylation sites is 1. The molecule has 1 aliphatic rings. The lowest BCUT2D eigenvalue weighted by molar-refractivity contribution is -0.0572. The zero-order valence-electron chi connectivity index (χ0n) is 13.3. The van der Waals surface area contributed by atoms with Crippen molar-refractivity contribution in [2.75, 3.05) is 0 Å². The van der Waals surface area contributed by atoms with Gasteiger partial charge in [0.1, 0.15) is 0 Å². The van der Waals surface area contributed by atoms with Crippen LogP contribution in [-0.2, 0) is 6.42 Å². The molecule has 0 bridgehead atoms. The fraction of sp³-hybridized carbons (Fsp3) is 0.526. The Morgan fingerprint density at radius 3 is 2.71 bits per heavy atom. The van der Waals surface area contributed by atoms with Crippen LogP contribution in [0.4, 0.5) is 0 Å². The molecule has 2 heteroatoms. The highest BCUT2D eigenvalue weighted by molar-refractivity contribution is 5.81. The van der Waals surface area contributed by atoms with Gasteiger partial charge in [-0.15, -0.1) is 0 Å². The number of hydrogen-bond acceptors (Lipinski definition) is 2. The predicted octanol–water partition coefficient (Wildman–Crippen LogP) is 4.35. The van der Waals surface area contributed by atoms with Crippen LogP contribution < -0.4 is 0 Å². The first-order valence-electron chi connectivity index (χ1n) is 7.92. The van der Waals surface area contributed by atoms with E-state index < -0.39 is 5.60 Å². The molecule has 2 atom stereocenters. The van der Waals surface area contributed by atoms with Crippen LogP contribution in [0.25, 0.3) is 10.9 Å². The number of pyridine rings is 1. The SMILES string of the molecule is CC1CC(C)(C)CC(O)(Cc2ccnc3ccccc23)C1. The van der Waals surface area contributed by atoms with Crippen LogP contribution in [0.3, 0.4) is 0 Å². The lowest BCUT2D eigenvalue weighted by Gasteiger charge is -2.45. The van der Waals surface area contributed by atoms with Gasteiger partial charge in [-0.2, -0.15) is 0 Å². The molecule has 1 aromatic heterocycles. The van der Waals surface area contributed by atoms with Gasteiger partial charge in [-0.05, 0) is 48.3 Å². The normalized spacial score (nSPS) is 28.7. The van der Waals surface area contributed by atoms with Gasteiger partial charge in [-0.3, -0.25) is 4.98 Å². The summed E-state index contributed by atoms with van der Waals surface area (Å²) in [7, 11) is 0. The van der Waals surface area contributed by atoms with Crippen molar-refractivity contribution in [2.24, 2.45) is 11.3 Å². The number of nitrogens with zero attached hydrogens (tertiary/aromatic N) is 1. The molecular formula is C19H25NO. The summed E-state index contributed by atoms with van der Waals surface area (Å²) >= 11 is 0. The number of benzene rings is 1. The van der Waals surface area contributed by atoms with Crippen molar-refractivity contribution in [2.45, 2.75) is 52.1 Å². The van der Waals surface area contributed by atoms with Crippen LogP contribution in [0.2, 0.25) is 0 Å². The van der Waals surface area contributed by atoms with Crippen LogP contribution in [-0.4, -0.2) is 15.7 Å². The fourth-order valence-electron chi connectivity index (χ4n) is 4.50. The Hall–Kier alpha value is -1.41. The molecule has 0 aliphatic heterocycles. The number of aromatic nitrogens is 1. The third-order valence-corrected chi connectivity index (χ3v) is 4.70. The molecule has 21 heavy (non-hydrogen) atoms. The van der Waals surface area contributed by atoms with Gasteiger partial charge in [0.2, 0.25) is 0 Å². The Morgan fingerprint density at radius 1 is 1.19 bits per heavy atom. The van der Waals surface area contributed by atoms with Crippen molar-refractivity contribution < 1.29 is 5.11 Å². The highest BCUT2D eigenvalue weighted by atomic mass is 16.3. The van der Waals surface area contributed by atoms with Gasteiger partial charge in [-0.1, -0.05) is 39.0 Å². The summed E-state index contributed by atoms with van der Waals surface area (Å²) in [5, 5.41) is 12.3. The first-order valence-corrected chi connectivity index (χ1v) is 7.92. The first-order chi connectivity index (χ1) is 9.87. The largest absolute Gasteiger partial charge is 0.390 e. The van der Waals surface area contributed by atoms with Gasteiger partial charge >= 0.3 is 0 Å². The smallest absolute Gasteiger partial charge is 0.0704 e. The van der Waals surface area contributed by atoms with E-state index in [4.69, 9.17) is 0 Å². The summed E-state index contributed by atoms with van der Waals surface area (Å²) in [6.45, 7) is 6.81. The summed E-state index contributed by atoms with van der Waals surface area (Å²) in [5.41, 5.74) is 1.86.